The van der Waals surface area contributed by atoms with Gasteiger partial charge in [-0.25, -0.2) is 4.98 Å². The molecule has 1 N–H and O–H groups in total. The second-order valence-corrected chi connectivity index (χ2v) is 6.23. The predicted molar refractivity (Wildman–Crippen MR) is 82.4 cm³/mol. The molecule has 1 aliphatic heterocycles. The molecule has 0 aromatic carbocycles. The van der Waals surface area contributed by atoms with Crippen LogP contribution in [0.25, 0.3) is 0 Å². The van der Waals surface area contributed by atoms with Gasteiger partial charge >= 0.3 is 0 Å². The molecule has 0 unspecified atom stereocenters. The van der Waals surface area contributed by atoms with E-state index in [4.69, 9.17) is 4.74 Å². The fourth-order valence-corrected chi connectivity index (χ4v) is 3.07. The molecule has 22 heavy (non-hydrogen) atoms. The minimum Gasteiger partial charge on any atom is -0.374 e. The monoisotopic (exact) mass is 321 g/mol. The number of nitrogens with zero attached hydrogens (tertiary/aromatic N) is 4. The van der Waals surface area contributed by atoms with Gasteiger partial charge in [-0.1, -0.05) is 6.07 Å². The molecule has 3 heterocycles. The molecule has 1 fully saturated rings. The van der Waals surface area contributed by atoms with Crippen molar-refractivity contribution in [2.45, 2.75) is 19.2 Å². The molecule has 118 valence electrons. The van der Waals surface area contributed by atoms with Gasteiger partial charge in [0.05, 0.1) is 32.3 Å². The zero-order valence-electron chi connectivity index (χ0n) is 12.2. The highest BCUT2D eigenvalue weighted by molar-refractivity contribution is 7.09. The number of rotatable bonds is 6. The van der Waals surface area contributed by atoms with Gasteiger partial charge in [-0.2, -0.15) is 5.10 Å². The number of ether oxygens (including phenoxy) is 1. The Balaban J connectivity index is 1.42. The molecule has 2 aromatic heterocycles. The van der Waals surface area contributed by atoms with Crippen LogP contribution in [0.3, 0.4) is 0 Å². The summed E-state index contributed by atoms with van der Waals surface area (Å²) in [7, 11) is 0. The van der Waals surface area contributed by atoms with Crippen LogP contribution in [0.1, 0.15) is 4.88 Å². The maximum absolute atomic E-state index is 12.0. The van der Waals surface area contributed by atoms with Crippen LogP contribution < -0.4 is 5.32 Å². The summed E-state index contributed by atoms with van der Waals surface area (Å²) >= 11 is 1.65. The second-order valence-electron chi connectivity index (χ2n) is 5.20. The third kappa shape index (κ3) is 4.36. The Labute approximate surface area is 132 Å². The molecule has 1 aliphatic rings. The van der Waals surface area contributed by atoms with Crippen LogP contribution in [-0.4, -0.2) is 57.9 Å². The predicted octanol–water partition coefficient (Wildman–Crippen LogP) is 0.357. The van der Waals surface area contributed by atoms with Gasteiger partial charge in [-0.15, -0.1) is 11.3 Å². The fraction of sp³-hybridized carbons (Fsp3) is 0.500. The van der Waals surface area contributed by atoms with E-state index >= 15 is 0 Å². The highest BCUT2D eigenvalue weighted by Crippen LogP contribution is 2.08. The topological polar surface area (TPSA) is 72.3 Å². The van der Waals surface area contributed by atoms with Crippen LogP contribution in [0.2, 0.25) is 0 Å². The summed E-state index contributed by atoms with van der Waals surface area (Å²) in [5, 5.41) is 9.05. The van der Waals surface area contributed by atoms with Crippen molar-refractivity contribution >= 4 is 17.2 Å². The van der Waals surface area contributed by atoms with Crippen LogP contribution in [0, 0.1) is 0 Å². The van der Waals surface area contributed by atoms with E-state index in [0.29, 0.717) is 26.2 Å². The van der Waals surface area contributed by atoms with Crippen molar-refractivity contribution in [3.8, 4) is 0 Å². The Morgan fingerprint density at radius 3 is 3.27 bits per heavy atom. The molecule has 1 amide bonds. The van der Waals surface area contributed by atoms with Gasteiger partial charge in [-0.3, -0.25) is 14.4 Å². The zero-order chi connectivity index (χ0) is 15.2. The maximum Gasteiger partial charge on any atom is 0.234 e. The number of carbonyl (C=O) groups excluding carboxylic acids is 1. The highest BCUT2D eigenvalue weighted by atomic mass is 32.1. The fourth-order valence-electron chi connectivity index (χ4n) is 2.43. The molecular weight excluding hydrogens is 302 g/mol. The van der Waals surface area contributed by atoms with Crippen molar-refractivity contribution in [2.75, 3.05) is 26.2 Å². The molecule has 2 aromatic rings. The van der Waals surface area contributed by atoms with E-state index in [0.717, 1.165) is 13.1 Å². The molecule has 0 bridgehead atoms. The number of aromatic nitrogens is 3. The third-order valence-corrected chi connectivity index (χ3v) is 4.36. The third-order valence-electron chi connectivity index (χ3n) is 3.49. The quantitative estimate of drug-likeness (QED) is 0.831. The van der Waals surface area contributed by atoms with E-state index in [9.17, 15) is 4.79 Å². The second kappa shape index (κ2) is 7.48. The molecular formula is C14H19N5O2S. The van der Waals surface area contributed by atoms with Crippen molar-refractivity contribution in [1.82, 2.24) is 25.0 Å². The minimum atomic E-state index is 0.0422. The molecule has 0 saturated carbocycles. The van der Waals surface area contributed by atoms with E-state index in [1.54, 1.807) is 22.3 Å². The molecule has 8 heteroatoms. The number of nitrogens with one attached hydrogen (secondary N) is 1. The lowest BCUT2D eigenvalue weighted by Gasteiger charge is -2.32. The van der Waals surface area contributed by atoms with Crippen LogP contribution in [0.5, 0.6) is 0 Å². The van der Waals surface area contributed by atoms with Crippen LogP contribution in [0.15, 0.2) is 30.2 Å². The van der Waals surface area contributed by atoms with Gasteiger partial charge in [0.2, 0.25) is 5.91 Å². The zero-order valence-corrected chi connectivity index (χ0v) is 13.0. The number of hydrogen-bond acceptors (Lipinski definition) is 6. The first kappa shape index (κ1) is 15.1. The molecule has 7 nitrogen and oxygen atoms in total. The van der Waals surface area contributed by atoms with E-state index in [1.165, 1.54) is 11.2 Å². The van der Waals surface area contributed by atoms with Gasteiger partial charge < -0.3 is 10.1 Å². The smallest absolute Gasteiger partial charge is 0.234 e. The van der Waals surface area contributed by atoms with Crippen molar-refractivity contribution in [3.05, 3.63) is 35.0 Å². The highest BCUT2D eigenvalue weighted by Gasteiger charge is 2.22. The average molecular weight is 321 g/mol. The minimum absolute atomic E-state index is 0.0422. The van der Waals surface area contributed by atoms with Gasteiger partial charge in [0.25, 0.3) is 0 Å². The van der Waals surface area contributed by atoms with E-state index in [-0.39, 0.29) is 12.0 Å². The van der Waals surface area contributed by atoms with Gasteiger partial charge in [-0.05, 0) is 11.4 Å². The number of morpholine rings is 1. The summed E-state index contributed by atoms with van der Waals surface area (Å²) in [4.78, 5) is 19.2. The van der Waals surface area contributed by atoms with Crippen molar-refractivity contribution in [2.24, 2.45) is 0 Å². The van der Waals surface area contributed by atoms with Gasteiger partial charge in [0.1, 0.15) is 12.7 Å². The summed E-state index contributed by atoms with van der Waals surface area (Å²) in [5.74, 6) is 0.0507. The summed E-state index contributed by atoms with van der Waals surface area (Å²) < 4.78 is 7.48. The molecule has 3 rings (SSSR count). The Kier molecular flexibility index (Phi) is 5.15. The first-order chi connectivity index (χ1) is 10.8. The first-order valence-corrected chi connectivity index (χ1v) is 8.13. The maximum atomic E-state index is 12.0. The standard InChI is InChI=1S/C14H19N5O2S/c20-14(16-6-13-2-1-5-22-13)9-18-3-4-21-12(7-18)8-19-11-15-10-17-19/h1-2,5,10-12H,3-4,6-9H2,(H,16,20)/t12-/m0/s1. The molecule has 0 radical (unpaired) electrons. The number of carbonyl (C=O) groups is 1. The summed E-state index contributed by atoms with van der Waals surface area (Å²) in [6, 6.07) is 4.01. The lowest BCUT2D eigenvalue weighted by Crippen LogP contribution is -2.48. The summed E-state index contributed by atoms with van der Waals surface area (Å²) in [5.41, 5.74) is 0. The van der Waals surface area contributed by atoms with Crippen molar-refractivity contribution in [3.63, 3.8) is 0 Å². The normalized spacial score (nSPS) is 19.2. The summed E-state index contributed by atoms with van der Waals surface area (Å²) in [6.07, 6.45) is 3.23. The Morgan fingerprint density at radius 2 is 2.50 bits per heavy atom. The Hall–Kier alpha value is -1.77. The lowest BCUT2D eigenvalue weighted by molar-refractivity contribution is -0.124. The molecule has 0 spiro atoms. The van der Waals surface area contributed by atoms with Crippen LogP contribution >= 0.6 is 11.3 Å². The van der Waals surface area contributed by atoms with Crippen LogP contribution in [0.4, 0.5) is 0 Å². The van der Waals surface area contributed by atoms with E-state index in [2.05, 4.69) is 20.3 Å². The lowest BCUT2D eigenvalue weighted by atomic mass is 10.2. The number of amides is 1. The SMILES string of the molecule is O=C(CN1CCO[C@H](Cn2cncn2)C1)NCc1cccs1. The molecule has 1 atom stereocenters. The van der Waals surface area contributed by atoms with Gasteiger partial charge in [0, 0.05) is 18.0 Å². The Bertz CT molecular complexity index is 572. The average Bonchev–Trinajstić information content (AvgIpc) is 3.19. The molecule has 0 aliphatic carbocycles. The Morgan fingerprint density at radius 1 is 1.55 bits per heavy atom. The van der Waals surface area contributed by atoms with Crippen LogP contribution in [-0.2, 0) is 22.6 Å². The largest absolute Gasteiger partial charge is 0.374 e. The van der Waals surface area contributed by atoms with Gasteiger partial charge in [0.15, 0.2) is 0 Å². The van der Waals surface area contributed by atoms with Crippen molar-refractivity contribution < 1.29 is 9.53 Å². The first-order valence-electron chi connectivity index (χ1n) is 7.25. The van der Waals surface area contributed by atoms with E-state index < -0.39 is 0 Å². The number of thiophene rings is 1. The van der Waals surface area contributed by atoms with Crippen molar-refractivity contribution in [1.29, 1.82) is 0 Å². The number of hydrogen-bond donors (Lipinski definition) is 1. The summed E-state index contributed by atoms with van der Waals surface area (Å²) in [6.45, 7) is 3.81. The molecule has 1 saturated heterocycles. The van der Waals surface area contributed by atoms with E-state index in [1.807, 2.05) is 17.5 Å².